The van der Waals surface area contributed by atoms with Crippen molar-refractivity contribution in [1.29, 1.82) is 0 Å². The van der Waals surface area contributed by atoms with Crippen LogP contribution < -0.4 is 4.90 Å². The van der Waals surface area contributed by atoms with Gasteiger partial charge < -0.3 is 19.6 Å². The maximum Gasteiger partial charge on any atom is 0.410 e. The number of nitrogens with zero attached hydrogens (tertiary/aromatic N) is 3. The quantitative estimate of drug-likeness (QED) is 0.263. The van der Waals surface area contributed by atoms with Crippen molar-refractivity contribution < 1.29 is 27.9 Å². The molecule has 0 bridgehead atoms. The number of aliphatic hydroxyl groups is 1. The third-order valence-electron chi connectivity index (χ3n) is 10.6. The largest absolute Gasteiger partial charge is 0.446 e. The van der Waals surface area contributed by atoms with Gasteiger partial charge in [0.15, 0.2) is 9.84 Å². The molecule has 0 spiro atoms. The Morgan fingerprint density at radius 2 is 1.62 bits per heavy atom. The number of aliphatic hydroxyl groups excluding tert-OH is 1. The summed E-state index contributed by atoms with van der Waals surface area (Å²) in [5.41, 5.74) is 3.18. The van der Waals surface area contributed by atoms with Gasteiger partial charge in [0.05, 0.1) is 34.0 Å². The second-order valence-electron chi connectivity index (χ2n) is 14.3. The van der Waals surface area contributed by atoms with E-state index in [4.69, 9.17) is 4.74 Å². The predicted molar refractivity (Wildman–Crippen MR) is 186 cm³/mol. The third-order valence-corrected chi connectivity index (χ3v) is 13.0. The molecule has 0 atom stereocenters. The fraction of sp³-hybridized carbons (Fsp3) is 0.541. The lowest BCUT2D eigenvalue weighted by Gasteiger charge is -2.38. The van der Waals surface area contributed by atoms with Gasteiger partial charge in [-0.2, -0.15) is 0 Å². The van der Waals surface area contributed by atoms with E-state index in [0.29, 0.717) is 68.0 Å². The van der Waals surface area contributed by atoms with Crippen molar-refractivity contribution in [2.24, 2.45) is 11.8 Å². The van der Waals surface area contributed by atoms with Crippen molar-refractivity contribution in [1.82, 2.24) is 9.88 Å². The lowest BCUT2D eigenvalue weighted by Crippen LogP contribution is -2.54. The Morgan fingerprint density at radius 3 is 2.27 bits per heavy atom. The summed E-state index contributed by atoms with van der Waals surface area (Å²) < 4.78 is 29.6. The first-order valence-electron chi connectivity index (χ1n) is 17.4. The van der Waals surface area contributed by atoms with E-state index < -0.39 is 15.9 Å². The molecule has 11 heteroatoms. The second kappa shape index (κ2) is 13.9. The van der Waals surface area contributed by atoms with Crippen LogP contribution in [0.3, 0.4) is 0 Å². The Kier molecular flexibility index (Phi) is 9.63. The molecule has 9 nitrogen and oxygen atoms in total. The summed E-state index contributed by atoms with van der Waals surface area (Å²) in [6.07, 6.45) is 11.2. The van der Waals surface area contributed by atoms with Crippen LogP contribution in [0.4, 0.5) is 10.5 Å². The molecule has 1 aromatic heterocycles. The standard InChI is InChI=1S/C37H45N3O6S2/c1-48(44,45)33-17-13-26(14-18-33)25-7-5-24(6-8-25)21-40(30-4-2-3-29(19-30)34-20-38-35(47-34)27-9-10-27)36(42)28-11-15-32(16-12-28)46-37(43)39-22-31(41)23-39/h2-4,13-14,17-20,24-25,27-28,31-32,41H,5-12,15-16,21-23H2,1H3. The minimum absolute atomic E-state index is 0.135. The number of likely N-dealkylation sites (tertiary alicyclic amines) is 1. The maximum absolute atomic E-state index is 14.4. The van der Waals surface area contributed by atoms with Gasteiger partial charge in [-0.3, -0.25) is 4.79 Å². The van der Waals surface area contributed by atoms with E-state index in [9.17, 15) is 23.1 Å². The summed E-state index contributed by atoms with van der Waals surface area (Å²) in [5, 5.41) is 10.7. The molecule has 0 unspecified atom stereocenters. The molecule has 2 amide bonds. The summed E-state index contributed by atoms with van der Waals surface area (Å²) >= 11 is 1.76. The molecule has 2 aromatic carbocycles. The van der Waals surface area contributed by atoms with Crippen LogP contribution in [0.1, 0.15) is 86.6 Å². The van der Waals surface area contributed by atoms with E-state index >= 15 is 0 Å². The first-order chi connectivity index (χ1) is 23.1. The number of β-amino-alcohol motifs (C(OH)–C–C–N with tert-alkyl or cyclic N) is 1. The number of aromatic nitrogens is 1. The van der Waals surface area contributed by atoms with Crippen molar-refractivity contribution in [2.45, 2.75) is 93.1 Å². The minimum Gasteiger partial charge on any atom is -0.446 e. The first kappa shape index (κ1) is 33.2. The van der Waals surface area contributed by atoms with Gasteiger partial charge in [-0.05, 0) is 111 Å². The van der Waals surface area contributed by atoms with Crippen molar-refractivity contribution in [3.05, 3.63) is 65.3 Å². The smallest absolute Gasteiger partial charge is 0.410 e. The van der Waals surface area contributed by atoms with E-state index in [1.165, 1.54) is 34.6 Å². The van der Waals surface area contributed by atoms with Crippen LogP contribution in [-0.4, -0.2) is 73.5 Å². The number of ether oxygens (including phenoxy) is 1. The Balaban J connectivity index is 1.04. The molecule has 7 rings (SSSR count). The number of rotatable bonds is 9. The van der Waals surface area contributed by atoms with E-state index in [1.807, 2.05) is 35.4 Å². The van der Waals surface area contributed by atoms with Crippen LogP contribution in [0.25, 0.3) is 10.4 Å². The molecule has 4 aliphatic rings. The number of anilines is 1. The van der Waals surface area contributed by atoms with Crippen molar-refractivity contribution in [3.63, 3.8) is 0 Å². The highest BCUT2D eigenvalue weighted by Gasteiger charge is 2.36. The van der Waals surface area contributed by atoms with Gasteiger partial charge in [0.1, 0.15) is 6.10 Å². The van der Waals surface area contributed by atoms with Crippen molar-refractivity contribution >= 4 is 38.9 Å². The van der Waals surface area contributed by atoms with Gasteiger partial charge in [0, 0.05) is 36.5 Å². The van der Waals surface area contributed by atoms with E-state index in [1.54, 1.807) is 23.5 Å². The molecule has 1 N–H and O–H groups in total. The summed E-state index contributed by atoms with van der Waals surface area (Å²) in [7, 11) is -3.22. The molecule has 0 radical (unpaired) electrons. The monoisotopic (exact) mass is 691 g/mol. The molecule has 3 aromatic rings. The fourth-order valence-electron chi connectivity index (χ4n) is 7.48. The first-order valence-corrected chi connectivity index (χ1v) is 20.1. The predicted octanol–water partition coefficient (Wildman–Crippen LogP) is 6.77. The number of hydrogen-bond acceptors (Lipinski definition) is 8. The topological polar surface area (TPSA) is 117 Å². The molecular formula is C37H45N3O6S2. The highest BCUT2D eigenvalue weighted by molar-refractivity contribution is 7.90. The normalized spacial score (nSPS) is 24.9. The van der Waals surface area contributed by atoms with Gasteiger partial charge in [-0.15, -0.1) is 11.3 Å². The van der Waals surface area contributed by atoms with Crippen LogP contribution in [0.2, 0.25) is 0 Å². The Morgan fingerprint density at radius 1 is 0.938 bits per heavy atom. The van der Waals surface area contributed by atoms with Crippen LogP contribution in [-0.2, 0) is 19.4 Å². The van der Waals surface area contributed by atoms with Crippen LogP contribution in [0.15, 0.2) is 59.6 Å². The number of sulfone groups is 1. The zero-order chi connectivity index (χ0) is 33.4. The molecule has 3 aliphatic carbocycles. The van der Waals surface area contributed by atoms with Crippen LogP contribution >= 0.6 is 11.3 Å². The maximum atomic E-state index is 14.4. The molecule has 4 fully saturated rings. The number of hydrogen-bond donors (Lipinski definition) is 1. The zero-order valence-corrected chi connectivity index (χ0v) is 29.1. The third kappa shape index (κ3) is 7.63. The average Bonchev–Trinajstić information content (AvgIpc) is 3.81. The summed E-state index contributed by atoms with van der Waals surface area (Å²) in [6.45, 7) is 1.30. The van der Waals surface area contributed by atoms with Gasteiger partial charge in [-0.1, -0.05) is 24.3 Å². The summed E-state index contributed by atoms with van der Waals surface area (Å²) in [6, 6.07) is 15.7. The van der Waals surface area contributed by atoms with E-state index in [-0.39, 0.29) is 24.0 Å². The second-order valence-corrected chi connectivity index (χ2v) is 17.4. The molecule has 1 saturated heterocycles. The number of thiazole rings is 1. The number of carbonyl (C=O) groups is 2. The van der Waals surface area contributed by atoms with E-state index in [2.05, 4.69) is 17.1 Å². The molecule has 256 valence electrons. The van der Waals surface area contributed by atoms with Gasteiger partial charge >= 0.3 is 6.09 Å². The molecule has 2 heterocycles. The van der Waals surface area contributed by atoms with Gasteiger partial charge in [0.2, 0.25) is 5.91 Å². The number of benzene rings is 2. The van der Waals surface area contributed by atoms with E-state index in [0.717, 1.165) is 41.8 Å². The highest BCUT2D eigenvalue weighted by Crippen LogP contribution is 2.44. The van der Waals surface area contributed by atoms with Crippen LogP contribution in [0.5, 0.6) is 0 Å². The lowest BCUT2D eigenvalue weighted by atomic mass is 9.78. The van der Waals surface area contributed by atoms with Crippen molar-refractivity contribution in [3.8, 4) is 10.4 Å². The molecular weight excluding hydrogens is 647 g/mol. The summed E-state index contributed by atoms with van der Waals surface area (Å²) in [4.78, 5) is 36.5. The lowest BCUT2D eigenvalue weighted by molar-refractivity contribution is -0.124. The Bertz CT molecular complexity index is 1720. The Labute approximate surface area is 287 Å². The minimum atomic E-state index is -3.22. The van der Waals surface area contributed by atoms with Gasteiger partial charge in [0.25, 0.3) is 0 Å². The fourth-order valence-corrected chi connectivity index (χ4v) is 9.20. The summed E-state index contributed by atoms with van der Waals surface area (Å²) in [5.74, 6) is 1.35. The number of amides is 2. The number of carbonyl (C=O) groups excluding carboxylic acids is 2. The SMILES string of the molecule is CS(=O)(=O)c1ccc(C2CCC(CN(C(=O)C3CCC(OC(=O)N4CC(O)C4)CC3)c3cccc(-c4cnc(C5CC5)s4)c3)CC2)cc1. The van der Waals surface area contributed by atoms with Gasteiger partial charge in [-0.25, -0.2) is 18.2 Å². The highest BCUT2D eigenvalue weighted by atomic mass is 32.2. The Hall–Kier alpha value is -3.28. The molecule has 3 saturated carbocycles. The van der Waals surface area contributed by atoms with Crippen molar-refractivity contribution in [2.75, 3.05) is 30.8 Å². The molecule has 1 aliphatic heterocycles. The zero-order valence-electron chi connectivity index (χ0n) is 27.5. The average molecular weight is 692 g/mol. The van der Waals surface area contributed by atoms with Crippen LogP contribution in [0, 0.1) is 11.8 Å². The molecule has 48 heavy (non-hydrogen) atoms.